The number of morpholine rings is 1. The van der Waals surface area contributed by atoms with E-state index in [-0.39, 0.29) is 0 Å². The first-order valence-corrected chi connectivity index (χ1v) is 6.62. The van der Waals surface area contributed by atoms with Gasteiger partial charge < -0.3 is 4.74 Å². The highest BCUT2D eigenvalue weighted by molar-refractivity contribution is 4.94. The van der Waals surface area contributed by atoms with Crippen molar-refractivity contribution < 1.29 is 4.74 Å². The zero-order valence-electron chi connectivity index (χ0n) is 10.2. The van der Waals surface area contributed by atoms with Crippen molar-refractivity contribution in [3.63, 3.8) is 0 Å². The van der Waals surface area contributed by atoms with Gasteiger partial charge in [0.05, 0.1) is 31.1 Å². The largest absolute Gasteiger partial charge is 0.379 e. The Bertz CT molecular complexity index is 353. The van der Waals surface area contributed by atoms with Crippen molar-refractivity contribution in [3.05, 3.63) is 11.9 Å². The Labute approximate surface area is 102 Å². The molecule has 3 rings (SSSR count). The molecule has 0 atom stereocenters. The molecule has 1 aromatic heterocycles. The van der Waals surface area contributed by atoms with Crippen LogP contribution in [-0.4, -0.2) is 46.2 Å². The van der Waals surface area contributed by atoms with E-state index >= 15 is 0 Å². The van der Waals surface area contributed by atoms with E-state index in [0.29, 0.717) is 6.04 Å². The number of nitrogens with zero attached hydrogens (tertiary/aromatic N) is 4. The summed E-state index contributed by atoms with van der Waals surface area (Å²) in [6, 6.07) is 0.598. The molecule has 17 heavy (non-hydrogen) atoms. The molecule has 5 heteroatoms. The van der Waals surface area contributed by atoms with E-state index < -0.39 is 0 Å². The molecule has 1 aliphatic heterocycles. The second kappa shape index (κ2) is 5.14. The second-order valence-corrected chi connectivity index (χ2v) is 5.02. The fourth-order valence-corrected chi connectivity index (χ4v) is 2.72. The summed E-state index contributed by atoms with van der Waals surface area (Å²) in [5, 5.41) is 8.56. The van der Waals surface area contributed by atoms with Crippen molar-refractivity contribution in [1.29, 1.82) is 0 Å². The first kappa shape index (κ1) is 11.2. The Hall–Kier alpha value is -0.940. The predicted octanol–water partition coefficient (Wildman–Crippen LogP) is 1.23. The molecule has 1 saturated heterocycles. The summed E-state index contributed by atoms with van der Waals surface area (Å²) < 4.78 is 7.41. The molecule has 1 saturated carbocycles. The number of hydrogen-bond acceptors (Lipinski definition) is 4. The van der Waals surface area contributed by atoms with Crippen LogP contribution in [0.2, 0.25) is 0 Å². The van der Waals surface area contributed by atoms with Crippen molar-refractivity contribution in [2.75, 3.05) is 26.3 Å². The molecule has 0 amide bonds. The second-order valence-electron chi connectivity index (χ2n) is 5.02. The lowest BCUT2D eigenvalue weighted by Gasteiger charge is -2.25. The molecule has 94 valence electrons. The van der Waals surface area contributed by atoms with Gasteiger partial charge in [0, 0.05) is 19.6 Å². The molecule has 2 fully saturated rings. The van der Waals surface area contributed by atoms with E-state index in [1.807, 2.05) is 0 Å². The normalized spacial score (nSPS) is 23.3. The SMILES string of the molecule is c1c(CN2CCOCC2)nnn1C1CCCC1. The average Bonchev–Trinajstić information content (AvgIpc) is 3.00. The Morgan fingerprint density at radius 2 is 2.00 bits per heavy atom. The summed E-state index contributed by atoms with van der Waals surface area (Å²) in [6.07, 6.45) is 7.33. The standard InChI is InChI=1S/C12H20N4O/c1-2-4-12(3-1)16-10-11(13-14-16)9-15-5-7-17-8-6-15/h10,12H,1-9H2. The summed E-state index contributed by atoms with van der Waals surface area (Å²) in [5.74, 6) is 0. The van der Waals surface area contributed by atoms with Crippen LogP contribution in [0.1, 0.15) is 37.4 Å². The third kappa shape index (κ3) is 2.66. The van der Waals surface area contributed by atoms with Gasteiger partial charge in [0.2, 0.25) is 0 Å². The lowest BCUT2D eigenvalue weighted by atomic mass is 10.2. The molecule has 0 radical (unpaired) electrons. The molecular formula is C12H20N4O. The summed E-state index contributed by atoms with van der Waals surface area (Å²) in [7, 11) is 0. The fraction of sp³-hybridized carbons (Fsp3) is 0.833. The minimum atomic E-state index is 0.598. The number of rotatable bonds is 3. The summed E-state index contributed by atoms with van der Waals surface area (Å²) >= 11 is 0. The first-order valence-electron chi connectivity index (χ1n) is 6.62. The van der Waals surface area contributed by atoms with Gasteiger partial charge in [-0.2, -0.15) is 0 Å². The van der Waals surface area contributed by atoms with Crippen molar-refractivity contribution >= 4 is 0 Å². The minimum absolute atomic E-state index is 0.598. The van der Waals surface area contributed by atoms with Gasteiger partial charge in [0.25, 0.3) is 0 Å². The van der Waals surface area contributed by atoms with Gasteiger partial charge >= 0.3 is 0 Å². The number of aromatic nitrogens is 3. The van der Waals surface area contributed by atoms with E-state index in [2.05, 4.69) is 26.1 Å². The van der Waals surface area contributed by atoms with E-state index in [1.165, 1.54) is 25.7 Å². The van der Waals surface area contributed by atoms with E-state index in [0.717, 1.165) is 38.5 Å². The molecule has 2 heterocycles. The number of hydrogen-bond donors (Lipinski definition) is 0. The van der Waals surface area contributed by atoms with Crippen molar-refractivity contribution in [3.8, 4) is 0 Å². The van der Waals surface area contributed by atoms with Gasteiger partial charge in [0.1, 0.15) is 0 Å². The van der Waals surface area contributed by atoms with Crippen LogP contribution < -0.4 is 0 Å². The molecule has 1 aromatic rings. The summed E-state index contributed by atoms with van der Waals surface area (Å²) in [6.45, 7) is 4.62. The van der Waals surface area contributed by atoms with Gasteiger partial charge in [-0.1, -0.05) is 18.1 Å². The molecule has 0 aromatic carbocycles. The highest BCUT2D eigenvalue weighted by atomic mass is 16.5. The van der Waals surface area contributed by atoms with Crippen LogP contribution in [-0.2, 0) is 11.3 Å². The topological polar surface area (TPSA) is 43.2 Å². The highest BCUT2D eigenvalue weighted by Crippen LogP contribution is 2.28. The van der Waals surface area contributed by atoms with Gasteiger partial charge in [-0.3, -0.25) is 4.90 Å². The van der Waals surface area contributed by atoms with Gasteiger partial charge in [-0.05, 0) is 12.8 Å². The third-order valence-corrected chi connectivity index (χ3v) is 3.75. The lowest BCUT2D eigenvalue weighted by molar-refractivity contribution is 0.0336. The molecule has 5 nitrogen and oxygen atoms in total. The van der Waals surface area contributed by atoms with Crippen LogP contribution in [0.3, 0.4) is 0 Å². The Balaban J connectivity index is 1.59. The van der Waals surface area contributed by atoms with Crippen molar-refractivity contribution in [2.45, 2.75) is 38.3 Å². The van der Waals surface area contributed by atoms with E-state index in [9.17, 15) is 0 Å². The Morgan fingerprint density at radius 1 is 1.24 bits per heavy atom. The van der Waals surface area contributed by atoms with E-state index in [4.69, 9.17) is 4.74 Å². The zero-order valence-corrected chi connectivity index (χ0v) is 10.2. The molecule has 0 spiro atoms. The van der Waals surface area contributed by atoms with Crippen LogP contribution in [0.25, 0.3) is 0 Å². The van der Waals surface area contributed by atoms with Crippen molar-refractivity contribution in [2.24, 2.45) is 0 Å². The van der Waals surface area contributed by atoms with Crippen LogP contribution in [0, 0.1) is 0 Å². The Kier molecular flexibility index (Phi) is 3.38. The highest BCUT2D eigenvalue weighted by Gasteiger charge is 2.19. The number of ether oxygens (including phenoxy) is 1. The maximum absolute atomic E-state index is 5.34. The molecule has 0 bridgehead atoms. The summed E-state index contributed by atoms with van der Waals surface area (Å²) in [4.78, 5) is 2.38. The van der Waals surface area contributed by atoms with Crippen LogP contribution in [0.4, 0.5) is 0 Å². The Morgan fingerprint density at radius 3 is 2.76 bits per heavy atom. The van der Waals surface area contributed by atoms with Crippen LogP contribution >= 0.6 is 0 Å². The predicted molar refractivity (Wildman–Crippen MR) is 63.6 cm³/mol. The third-order valence-electron chi connectivity index (χ3n) is 3.75. The zero-order chi connectivity index (χ0) is 11.5. The van der Waals surface area contributed by atoms with Gasteiger partial charge in [-0.15, -0.1) is 5.10 Å². The van der Waals surface area contributed by atoms with Crippen LogP contribution in [0.15, 0.2) is 6.20 Å². The van der Waals surface area contributed by atoms with Gasteiger partial charge in [-0.25, -0.2) is 4.68 Å². The molecular weight excluding hydrogens is 216 g/mol. The monoisotopic (exact) mass is 236 g/mol. The molecule has 0 unspecified atom stereocenters. The average molecular weight is 236 g/mol. The van der Waals surface area contributed by atoms with Gasteiger partial charge in [0.15, 0.2) is 0 Å². The maximum atomic E-state index is 5.34. The minimum Gasteiger partial charge on any atom is -0.379 e. The first-order chi connectivity index (χ1) is 8.42. The van der Waals surface area contributed by atoms with E-state index in [1.54, 1.807) is 0 Å². The fourth-order valence-electron chi connectivity index (χ4n) is 2.72. The lowest BCUT2D eigenvalue weighted by Crippen LogP contribution is -2.35. The van der Waals surface area contributed by atoms with Crippen molar-refractivity contribution in [1.82, 2.24) is 19.9 Å². The smallest absolute Gasteiger partial charge is 0.0967 e. The quantitative estimate of drug-likeness (QED) is 0.791. The molecule has 1 aliphatic carbocycles. The molecule has 2 aliphatic rings. The summed E-state index contributed by atoms with van der Waals surface area (Å²) in [5.41, 5.74) is 1.10. The molecule has 0 N–H and O–H groups in total. The maximum Gasteiger partial charge on any atom is 0.0967 e. The van der Waals surface area contributed by atoms with Crippen LogP contribution in [0.5, 0.6) is 0 Å².